The van der Waals surface area contributed by atoms with Crippen LogP contribution in [0.3, 0.4) is 0 Å². The molecule has 0 aromatic heterocycles. The predicted octanol–water partition coefficient (Wildman–Crippen LogP) is 3.59. The van der Waals surface area contributed by atoms with Gasteiger partial charge in [-0.1, -0.05) is 18.1 Å². The summed E-state index contributed by atoms with van der Waals surface area (Å²) in [5.74, 6) is 3.95. The van der Waals surface area contributed by atoms with Crippen molar-refractivity contribution in [2.24, 2.45) is 0 Å². The van der Waals surface area contributed by atoms with E-state index in [0.29, 0.717) is 5.75 Å². The maximum absolute atomic E-state index is 14.0. The molecule has 5 nitrogen and oxygen atoms in total. The first-order valence-electron chi connectivity index (χ1n) is 6.91. The molecule has 1 rings (SSSR count). The largest absolute Gasteiger partial charge is 0.497 e. The van der Waals surface area contributed by atoms with Crippen LogP contribution in [0.5, 0.6) is 5.75 Å². The molecule has 0 saturated heterocycles. The number of hydrogen-bond donors (Lipinski definition) is 1. The summed E-state index contributed by atoms with van der Waals surface area (Å²) in [6.45, 7) is 2.40. The van der Waals surface area contributed by atoms with Gasteiger partial charge in [-0.3, -0.25) is 4.57 Å². The molecule has 0 bridgehead atoms. The molecule has 0 aliphatic carbocycles. The highest BCUT2D eigenvalue weighted by Crippen LogP contribution is 2.61. The maximum Gasteiger partial charge on any atom is 0.412 e. The van der Waals surface area contributed by atoms with Crippen molar-refractivity contribution in [3.8, 4) is 17.6 Å². The van der Waals surface area contributed by atoms with Crippen LogP contribution in [0.25, 0.3) is 0 Å². The fourth-order valence-corrected chi connectivity index (χ4v) is 2.94. The molecular formula is C15H19F2O5P. The number of methoxy groups -OCH3 is 1. The Balaban J connectivity index is 3.04. The van der Waals surface area contributed by atoms with Crippen molar-refractivity contribution in [2.75, 3.05) is 20.3 Å². The van der Waals surface area contributed by atoms with Crippen LogP contribution in [0.4, 0.5) is 8.78 Å². The number of ether oxygens (including phenoxy) is 1. The Bertz CT molecular complexity index is 614. The fraction of sp³-hybridized carbons (Fsp3) is 0.467. The van der Waals surface area contributed by atoms with Crippen molar-refractivity contribution in [1.82, 2.24) is 0 Å². The molecule has 1 aromatic rings. The van der Waals surface area contributed by atoms with Crippen molar-refractivity contribution in [3.63, 3.8) is 0 Å². The molecule has 0 amide bonds. The molecule has 0 saturated carbocycles. The van der Waals surface area contributed by atoms with Gasteiger partial charge in [0.05, 0.1) is 20.3 Å². The summed E-state index contributed by atoms with van der Waals surface area (Å²) < 4.78 is 54.3. The van der Waals surface area contributed by atoms with Gasteiger partial charge in [-0.2, -0.15) is 8.78 Å². The zero-order valence-electron chi connectivity index (χ0n) is 13.1. The first-order chi connectivity index (χ1) is 10.8. The second kappa shape index (κ2) is 8.42. The molecule has 0 fully saturated rings. The molecule has 0 aliphatic heterocycles. The van der Waals surface area contributed by atoms with E-state index in [-0.39, 0.29) is 18.8 Å². The molecule has 23 heavy (non-hydrogen) atoms. The van der Waals surface area contributed by atoms with Gasteiger partial charge < -0.3 is 18.9 Å². The molecule has 128 valence electrons. The Morgan fingerprint density at radius 2 is 1.91 bits per heavy atom. The topological polar surface area (TPSA) is 65.0 Å². The third-order valence-corrected chi connectivity index (χ3v) is 4.71. The number of hydrogen-bond acceptors (Lipinski definition) is 5. The van der Waals surface area contributed by atoms with Gasteiger partial charge in [0, 0.05) is 0 Å². The van der Waals surface area contributed by atoms with Gasteiger partial charge >= 0.3 is 13.3 Å². The van der Waals surface area contributed by atoms with Gasteiger partial charge in [0.15, 0.2) is 0 Å². The summed E-state index contributed by atoms with van der Waals surface area (Å²) in [6.07, 6.45) is -1.49. The lowest BCUT2D eigenvalue weighted by atomic mass is 10.1. The van der Waals surface area contributed by atoms with E-state index in [1.165, 1.54) is 39.0 Å². The van der Waals surface area contributed by atoms with Gasteiger partial charge in [0.1, 0.15) is 11.9 Å². The Kier molecular flexibility index (Phi) is 7.17. The van der Waals surface area contributed by atoms with Crippen LogP contribution in [-0.4, -0.2) is 31.1 Å². The van der Waals surface area contributed by atoms with Crippen LogP contribution in [0.1, 0.15) is 25.5 Å². The van der Waals surface area contributed by atoms with Gasteiger partial charge in [0.25, 0.3) is 0 Å². The third-order valence-electron chi connectivity index (χ3n) is 2.71. The van der Waals surface area contributed by atoms with E-state index in [2.05, 4.69) is 9.05 Å². The van der Waals surface area contributed by atoms with E-state index < -0.39 is 19.4 Å². The second-order valence-electron chi connectivity index (χ2n) is 4.32. The summed E-state index contributed by atoms with van der Waals surface area (Å²) in [7, 11) is -3.29. The first-order valence-corrected chi connectivity index (χ1v) is 8.45. The quantitative estimate of drug-likeness (QED) is 0.603. The standard InChI is InChI=1S/C15H19F2O5P/c1-4-21-23(19,22-5-2)15(16,17)10-9-14(18)12-7-6-8-13(11-12)20-3/h6-8,11,14,18H,4-5H2,1-3H3. The lowest BCUT2D eigenvalue weighted by Gasteiger charge is -2.21. The van der Waals surface area contributed by atoms with Crippen LogP contribution in [0.2, 0.25) is 0 Å². The molecule has 1 N–H and O–H groups in total. The zero-order valence-corrected chi connectivity index (χ0v) is 14.0. The number of aliphatic hydroxyl groups is 1. The van der Waals surface area contributed by atoms with Gasteiger partial charge in [-0.05, 0) is 37.5 Å². The number of aliphatic hydroxyl groups excluding tert-OH is 1. The number of alkyl halides is 2. The van der Waals surface area contributed by atoms with Crippen molar-refractivity contribution in [3.05, 3.63) is 29.8 Å². The van der Waals surface area contributed by atoms with Crippen LogP contribution in [-0.2, 0) is 13.6 Å². The Hall–Kier alpha value is -1.45. The highest BCUT2D eigenvalue weighted by molar-refractivity contribution is 7.55. The highest BCUT2D eigenvalue weighted by Gasteiger charge is 2.52. The normalized spacial score (nSPS) is 13.1. The van der Waals surface area contributed by atoms with Crippen molar-refractivity contribution >= 4 is 7.60 Å². The summed E-state index contributed by atoms with van der Waals surface area (Å²) >= 11 is 0. The van der Waals surface area contributed by atoms with Crippen LogP contribution in [0.15, 0.2) is 24.3 Å². The molecule has 0 heterocycles. The van der Waals surface area contributed by atoms with Crippen LogP contribution >= 0.6 is 7.60 Å². The van der Waals surface area contributed by atoms with Gasteiger partial charge in [-0.15, -0.1) is 0 Å². The smallest absolute Gasteiger partial charge is 0.412 e. The van der Waals surface area contributed by atoms with E-state index in [0.717, 1.165) is 0 Å². The number of rotatable bonds is 7. The maximum atomic E-state index is 14.0. The van der Waals surface area contributed by atoms with E-state index in [1.807, 2.05) is 5.92 Å². The second-order valence-corrected chi connectivity index (χ2v) is 6.40. The average molecular weight is 348 g/mol. The van der Waals surface area contributed by atoms with E-state index in [9.17, 15) is 18.5 Å². The molecule has 8 heteroatoms. The monoisotopic (exact) mass is 348 g/mol. The zero-order chi connectivity index (χ0) is 17.5. The Labute approximate surface area is 134 Å². The first kappa shape index (κ1) is 19.6. The fourth-order valence-electron chi connectivity index (χ4n) is 1.66. The SMILES string of the molecule is CCOP(=O)(OCC)C(F)(F)C#CC(O)c1cccc(OC)c1. The lowest BCUT2D eigenvalue weighted by Crippen LogP contribution is -2.18. The molecule has 0 aliphatic rings. The lowest BCUT2D eigenvalue weighted by molar-refractivity contribution is 0.0865. The van der Waals surface area contributed by atoms with Crippen molar-refractivity contribution < 1.29 is 32.2 Å². The average Bonchev–Trinajstić information content (AvgIpc) is 2.53. The third kappa shape index (κ3) is 5.02. The van der Waals surface area contributed by atoms with E-state index in [1.54, 1.807) is 12.1 Å². The van der Waals surface area contributed by atoms with Crippen LogP contribution in [0, 0.1) is 11.8 Å². The molecular weight excluding hydrogens is 329 g/mol. The minimum absolute atomic E-state index is 0.215. The minimum atomic E-state index is -4.73. The van der Waals surface area contributed by atoms with Gasteiger partial charge in [0.2, 0.25) is 0 Å². The van der Waals surface area contributed by atoms with Gasteiger partial charge in [-0.25, -0.2) is 0 Å². The summed E-state index contributed by atoms with van der Waals surface area (Å²) in [4.78, 5) is 0. The molecule has 0 radical (unpaired) electrons. The van der Waals surface area contributed by atoms with Crippen LogP contribution < -0.4 is 4.74 Å². The Morgan fingerprint density at radius 3 is 2.43 bits per heavy atom. The van der Waals surface area contributed by atoms with Crippen molar-refractivity contribution in [2.45, 2.75) is 25.6 Å². The summed E-state index contributed by atoms with van der Waals surface area (Å²) in [5, 5.41) is 9.90. The molecule has 1 unspecified atom stereocenters. The highest BCUT2D eigenvalue weighted by atomic mass is 31.2. The Morgan fingerprint density at radius 1 is 1.30 bits per heavy atom. The predicted molar refractivity (Wildman–Crippen MR) is 81.5 cm³/mol. The minimum Gasteiger partial charge on any atom is -0.497 e. The van der Waals surface area contributed by atoms with E-state index >= 15 is 0 Å². The van der Waals surface area contributed by atoms with Crippen molar-refractivity contribution in [1.29, 1.82) is 0 Å². The van der Waals surface area contributed by atoms with E-state index in [4.69, 9.17) is 4.74 Å². The molecule has 1 atom stereocenters. The molecule has 0 spiro atoms. The summed E-state index contributed by atoms with van der Waals surface area (Å²) in [5.41, 5.74) is -3.76. The summed E-state index contributed by atoms with van der Waals surface area (Å²) in [6, 6.07) is 6.19. The number of halogens is 2. The number of benzene rings is 1. The molecule has 1 aromatic carbocycles.